The number of aromatic nitrogens is 4. The van der Waals surface area contributed by atoms with E-state index in [9.17, 15) is 0 Å². The number of anilines is 2. The van der Waals surface area contributed by atoms with E-state index in [0.29, 0.717) is 5.82 Å². The third-order valence-corrected chi connectivity index (χ3v) is 5.56. The number of rotatable bonds is 3. The number of nitrogens with one attached hydrogen (secondary N) is 2. The lowest BCUT2D eigenvalue weighted by Crippen LogP contribution is -1.99. The van der Waals surface area contributed by atoms with E-state index in [1.54, 1.807) is 0 Å². The molecule has 6 aromatic rings. The second kappa shape index (κ2) is 6.92. The first-order chi connectivity index (χ1) is 15.2. The Morgan fingerprint density at radius 2 is 1.68 bits per heavy atom. The number of hydrogen-bond donors (Lipinski definition) is 2. The Labute approximate surface area is 178 Å². The minimum Gasteiger partial charge on any atom is -0.340 e. The van der Waals surface area contributed by atoms with Gasteiger partial charge < -0.3 is 5.32 Å². The molecule has 5 heteroatoms. The lowest BCUT2D eigenvalue weighted by molar-refractivity contribution is 1.12. The Hall–Kier alpha value is -4.25. The van der Waals surface area contributed by atoms with Gasteiger partial charge in [-0.25, -0.2) is 9.97 Å². The maximum atomic E-state index is 4.92. The Morgan fingerprint density at radius 3 is 2.61 bits per heavy atom. The molecule has 2 aromatic heterocycles. The number of H-pyrrole nitrogens is 1. The summed E-state index contributed by atoms with van der Waals surface area (Å²) < 4.78 is 0. The summed E-state index contributed by atoms with van der Waals surface area (Å²) in [5.74, 6) is 1.49. The highest BCUT2D eigenvalue weighted by atomic mass is 15.1. The van der Waals surface area contributed by atoms with Crippen molar-refractivity contribution in [3.05, 3.63) is 90.6 Å². The molecule has 0 fully saturated rings. The lowest BCUT2D eigenvalue weighted by Gasteiger charge is -2.12. The molecule has 31 heavy (non-hydrogen) atoms. The van der Waals surface area contributed by atoms with Crippen LogP contribution in [0.2, 0.25) is 0 Å². The van der Waals surface area contributed by atoms with Gasteiger partial charge in [0.05, 0.1) is 17.2 Å². The topological polar surface area (TPSA) is 66.5 Å². The highest BCUT2D eigenvalue weighted by Crippen LogP contribution is 2.30. The van der Waals surface area contributed by atoms with Crippen molar-refractivity contribution >= 4 is 44.1 Å². The fourth-order valence-corrected chi connectivity index (χ4v) is 3.95. The van der Waals surface area contributed by atoms with Crippen LogP contribution < -0.4 is 5.32 Å². The minimum atomic E-state index is 0.704. The van der Waals surface area contributed by atoms with Gasteiger partial charge in [-0.1, -0.05) is 42.5 Å². The molecule has 0 saturated carbocycles. The summed E-state index contributed by atoms with van der Waals surface area (Å²) in [4.78, 5) is 9.82. The van der Waals surface area contributed by atoms with Gasteiger partial charge >= 0.3 is 0 Å². The molecule has 6 rings (SSSR count). The van der Waals surface area contributed by atoms with Crippen LogP contribution in [0.25, 0.3) is 44.0 Å². The molecule has 0 spiro atoms. The molecule has 0 amide bonds. The predicted molar refractivity (Wildman–Crippen MR) is 127 cm³/mol. The maximum Gasteiger partial charge on any atom is 0.162 e. The SMILES string of the molecule is Cc1ccc2c(Nc3ccc4[nH]ncc4c3)nc(-c3ccc4ccccc4c3)nc2c1. The molecule has 0 atom stereocenters. The monoisotopic (exact) mass is 401 g/mol. The van der Waals surface area contributed by atoms with E-state index in [0.717, 1.165) is 38.9 Å². The third-order valence-electron chi connectivity index (χ3n) is 5.56. The maximum absolute atomic E-state index is 4.92. The van der Waals surface area contributed by atoms with Gasteiger partial charge in [-0.15, -0.1) is 0 Å². The van der Waals surface area contributed by atoms with Crippen molar-refractivity contribution in [1.82, 2.24) is 20.2 Å². The zero-order chi connectivity index (χ0) is 20.8. The molecule has 0 aliphatic carbocycles. The van der Waals surface area contributed by atoms with E-state index in [-0.39, 0.29) is 0 Å². The fourth-order valence-electron chi connectivity index (χ4n) is 3.95. The van der Waals surface area contributed by atoms with Crippen molar-refractivity contribution in [3.63, 3.8) is 0 Å². The van der Waals surface area contributed by atoms with Crippen molar-refractivity contribution in [3.8, 4) is 11.4 Å². The molecule has 2 heterocycles. The van der Waals surface area contributed by atoms with Gasteiger partial charge in [0, 0.05) is 22.0 Å². The van der Waals surface area contributed by atoms with Crippen LogP contribution in [0.1, 0.15) is 5.56 Å². The molecular formula is C26H19N5. The molecule has 0 unspecified atom stereocenters. The Kier molecular flexibility index (Phi) is 3.93. The zero-order valence-corrected chi connectivity index (χ0v) is 16.9. The summed E-state index contributed by atoms with van der Waals surface area (Å²) in [6.07, 6.45) is 1.82. The number of aryl methyl sites for hydroxylation is 1. The van der Waals surface area contributed by atoms with Gasteiger partial charge in [0.2, 0.25) is 0 Å². The first kappa shape index (κ1) is 17.6. The van der Waals surface area contributed by atoms with E-state index >= 15 is 0 Å². The van der Waals surface area contributed by atoms with Crippen molar-refractivity contribution < 1.29 is 0 Å². The number of nitrogens with zero attached hydrogens (tertiary/aromatic N) is 3. The van der Waals surface area contributed by atoms with Crippen LogP contribution in [0.5, 0.6) is 0 Å². The van der Waals surface area contributed by atoms with Crippen LogP contribution >= 0.6 is 0 Å². The van der Waals surface area contributed by atoms with Crippen LogP contribution in [0.15, 0.2) is 85.1 Å². The Bertz CT molecular complexity index is 1580. The highest BCUT2D eigenvalue weighted by Gasteiger charge is 2.11. The first-order valence-electron chi connectivity index (χ1n) is 10.2. The largest absolute Gasteiger partial charge is 0.340 e. The molecule has 0 aliphatic rings. The molecule has 5 nitrogen and oxygen atoms in total. The lowest BCUT2D eigenvalue weighted by atomic mass is 10.1. The summed E-state index contributed by atoms with van der Waals surface area (Å²) in [5, 5.41) is 15.0. The number of hydrogen-bond acceptors (Lipinski definition) is 4. The van der Waals surface area contributed by atoms with Gasteiger partial charge in [0.25, 0.3) is 0 Å². The summed E-state index contributed by atoms with van der Waals surface area (Å²) in [7, 11) is 0. The summed E-state index contributed by atoms with van der Waals surface area (Å²) in [6, 6.07) is 27.1. The molecular weight excluding hydrogens is 382 g/mol. The fraction of sp³-hybridized carbons (Fsp3) is 0.0385. The summed E-state index contributed by atoms with van der Waals surface area (Å²) >= 11 is 0. The average molecular weight is 401 g/mol. The predicted octanol–water partition coefficient (Wildman–Crippen LogP) is 6.38. The smallest absolute Gasteiger partial charge is 0.162 e. The van der Waals surface area contributed by atoms with E-state index in [1.165, 1.54) is 16.3 Å². The molecule has 0 saturated heterocycles. The zero-order valence-electron chi connectivity index (χ0n) is 16.9. The van der Waals surface area contributed by atoms with Gasteiger partial charge in [-0.05, 0) is 59.7 Å². The van der Waals surface area contributed by atoms with E-state index in [1.807, 2.05) is 18.3 Å². The van der Waals surface area contributed by atoms with Crippen molar-refractivity contribution in [2.24, 2.45) is 0 Å². The summed E-state index contributed by atoms with van der Waals surface area (Å²) in [5.41, 5.74) is 5.05. The molecule has 148 valence electrons. The van der Waals surface area contributed by atoms with Crippen LogP contribution in [0, 0.1) is 6.92 Å². The minimum absolute atomic E-state index is 0.704. The summed E-state index contributed by atoms with van der Waals surface area (Å²) in [6.45, 7) is 2.08. The van der Waals surface area contributed by atoms with E-state index in [4.69, 9.17) is 9.97 Å². The third kappa shape index (κ3) is 3.16. The Morgan fingerprint density at radius 1 is 0.774 bits per heavy atom. The number of benzene rings is 4. The van der Waals surface area contributed by atoms with Crippen LogP contribution in [-0.4, -0.2) is 20.2 Å². The van der Waals surface area contributed by atoms with E-state index < -0.39 is 0 Å². The molecule has 2 N–H and O–H groups in total. The second-order valence-electron chi connectivity index (χ2n) is 7.78. The molecule has 0 bridgehead atoms. The second-order valence-corrected chi connectivity index (χ2v) is 7.78. The van der Waals surface area contributed by atoms with E-state index in [2.05, 4.69) is 89.2 Å². The van der Waals surface area contributed by atoms with Gasteiger partial charge in [0.15, 0.2) is 5.82 Å². The van der Waals surface area contributed by atoms with Gasteiger partial charge in [-0.2, -0.15) is 5.10 Å². The van der Waals surface area contributed by atoms with Crippen LogP contribution in [-0.2, 0) is 0 Å². The first-order valence-corrected chi connectivity index (χ1v) is 10.2. The Balaban J connectivity index is 1.51. The number of fused-ring (bicyclic) bond motifs is 3. The van der Waals surface area contributed by atoms with Crippen LogP contribution in [0.3, 0.4) is 0 Å². The molecule has 4 aromatic carbocycles. The van der Waals surface area contributed by atoms with Crippen LogP contribution in [0.4, 0.5) is 11.5 Å². The average Bonchev–Trinajstić information content (AvgIpc) is 3.26. The normalized spacial score (nSPS) is 11.4. The van der Waals surface area contributed by atoms with Gasteiger partial charge in [0.1, 0.15) is 5.82 Å². The van der Waals surface area contributed by atoms with Gasteiger partial charge in [-0.3, -0.25) is 5.10 Å². The molecule has 0 aliphatic heterocycles. The van der Waals surface area contributed by atoms with Crippen molar-refractivity contribution in [2.75, 3.05) is 5.32 Å². The van der Waals surface area contributed by atoms with Crippen molar-refractivity contribution in [1.29, 1.82) is 0 Å². The number of aromatic amines is 1. The molecule has 0 radical (unpaired) electrons. The standard InChI is InChI=1S/C26H19N5/c1-16-6-10-22-24(12-16)29-25(19-8-7-17-4-2-3-5-18(17)13-19)30-26(22)28-21-9-11-23-20(14-21)15-27-31-23/h2-15H,1H3,(H,27,31)(H,28,29,30). The highest BCUT2D eigenvalue weighted by molar-refractivity contribution is 5.94. The van der Waals surface area contributed by atoms with Crippen molar-refractivity contribution in [2.45, 2.75) is 6.92 Å². The quantitative estimate of drug-likeness (QED) is 0.361.